The van der Waals surface area contributed by atoms with Crippen LogP contribution in [0.25, 0.3) is 0 Å². The number of thioether (sulfide) groups is 1. The lowest BCUT2D eigenvalue weighted by Gasteiger charge is -2.53. The number of fused-ring (bicyclic) bond motifs is 2. The quantitative estimate of drug-likeness (QED) is 0.685. The summed E-state index contributed by atoms with van der Waals surface area (Å²) in [6.07, 6.45) is 12.3. The highest BCUT2D eigenvalue weighted by molar-refractivity contribution is 8.03. The molecule has 4 rings (SSSR count). The van der Waals surface area contributed by atoms with Gasteiger partial charge in [0.15, 0.2) is 0 Å². The van der Waals surface area contributed by atoms with Crippen molar-refractivity contribution in [3.8, 4) is 0 Å². The van der Waals surface area contributed by atoms with Crippen molar-refractivity contribution in [2.75, 3.05) is 7.05 Å². The zero-order valence-corrected chi connectivity index (χ0v) is 9.46. The molecule has 76 valence electrons. The first-order valence-corrected chi connectivity index (χ1v) is 6.46. The monoisotopic (exact) mass is 207 g/mol. The first kappa shape index (κ1) is 9.05. The van der Waals surface area contributed by atoms with Crippen LogP contribution in [-0.2, 0) is 0 Å². The molecule has 2 atom stereocenters. The molecule has 0 radical (unpaired) electrons. The standard InChI is InChI=1S/C12H17NS/c1-13-9-6-10(13)8-12(7-9)14-11-4-2-3-5-11/h2,4-5,9-10,12H,3,6-8H2,1H3. The second kappa shape index (κ2) is 3.42. The number of nitrogens with zero attached hydrogens (tertiary/aromatic N) is 1. The summed E-state index contributed by atoms with van der Waals surface area (Å²) in [6, 6.07) is 1.80. The van der Waals surface area contributed by atoms with Gasteiger partial charge in [-0.3, -0.25) is 0 Å². The molecule has 2 aliphatic carbocycles. The molecule has 0 N–H and O–H groups in total. The molecule has 3 fully saturated rings. The molecule has 2 saturated heterocycles. The molecule has 2 heteroatoms. The fourth-order valence-electron chi connectivity index (χ4n) is 2.85. The van der Waals surface area contributed by atoms with Crippen LogP contribution in [0.15, 0.2) is 23.1 Å². The van der Waals surface area contributed by atoms with Gasteiger partial charge in [-0.05, 0) is 32.7 Å². The van der Waals surface area contributed by atoms with Crippen LogP contribution in [0.3, 0.4) is 0 Å². The van der Waals surface area contributed by atoms with Crippen molar-refractivity contribution in [3.63, 3.8) is 0 Å². The molecular weight excluding hydrogens is 190 g/mol. The van der Waals surface area contributed by atoms with Gasteiger partial charge in [-0.2, -0.15) is 0 Å². The Morgan fingerprint density at radius 2 is 2.07 bits per heavy atom. The summed E-state index contributed by atoms with van der Waals surface area (Å²) in [5, 5.41) is 0.893. The van der Waals surface area contributed by atoms with Crippen LogP contribution in [-0.4, -0.2) is 29.3 Å². The lowest BCUT2D eigenvalue weighted by Crippen LogP contribution is -2.59. The van der Waals surface area contributed by atoms with Crippen LogP contribution >= 0.6 is 11.8 Å². The summed E-state index contributed by atoms with van der Waals surface area (Å²) in [4.78, 5) is 4.08. The largest absolute Gasteiger partial charge is 0.300 e. The van der Waals surface area contributed by atoms with Gasteiger partial charge in [-0.25, -0.2) is 0 Å². The van der Waals surface area contributed by atoms with Gasteiger partial charge < -0.3 is 4.90 Å². The molecular formula is C12H17NS. The zero-order chi connectivity index (χ0) is 9.54. The van der Waals surface area contributed by atoms with Crippen LogP contribution in [0.1, 0.15) is 25.7 Å². The molecule has 2 unspecified atom stereocenters. The summed E-state index contributed by atoms with van der Waals surface area (Å²) >= 11 is 2.11. The van der Waals surface area contributed by atoms with Crippen molar-refractivity contribution >= 4 is 11.8 Å². The van der Waals surface area contributed by atoms with E-state index in [0.717, 1.165) is 23.8 Å². The van der Waals surface area contributed by atoms with E-state index in [4.69, 9.17) is 0 Å². The molecule has 14 heavy (non-hydrogen) atoms. The fourth-order valence-corrected chi connectivity index (χ4v) is 4.24. The van der Waals surface area contributed by atoms with Crippen molar-refractivity contribution < 1.29 is 0 Å². The Morgan fingerprint density at radius 1 is 1.29 bits per heavy atom. The highest BCUT2D eigenvalue weighted by atomic mass is 32.2. The lowest BCUT2D eigenvalue weighted by molar-refractivity contribution is 0.00117. The van der Waals surface area contributed by atoms with Gasteiger partial charge >= 0.3 is 0 Å². The van der Waals surface area contributed by atoms with Crippen molar-refractivity contribution in [3.05, 3.63) is 23.1 Å². The van der Waals surface area contributed by atoms with Crippen molar-refractivity contribution in [2.24, 2.45) is 0 Å². The van der Waals surface area contributed by atoms with E-state index >= 15 is 0 Å². The van der Waals surface area contributed by atoms with Gasteiger partial charge in [0.1, 0.15) is 0 Å². The third-order valence-electron chi connectivity index (χ3n) is 3.81. The second-order valence-electron chi connectivity index (χ2n) is 4.66. The topological polar surface area (TPSA) is 3.24 Å². The number of rotatable bonds is 2. The number of piperidine rings is 1. The molecule has 4 aliphatic rings. The Bertz CT molecular complexity index is 283. The minimum absolute atomic E-state index is 0.893. The summed E-state index contributed by atoms with van der Waals surface area (Å²) < 4.78 is 0. The summed E-state index contributed by atoms with van der Waals surface area (Å²) in [6.45, 7) is 0. The summed E-state index contributed by atoms with van der Waals surface area (Å²) in [5.41, 5.74) is 0. The van der Waals surface area contributed by atoms with Crippen molar-refractivity contribution in [1.29, 1.82) is 0 Å². The van der Waals surface area contributed by atoms with E-state index in [0.29, 0.717) is 0 Å². The molecule has 0 aromatic carbocycles. The number of hydrogen-bond donors (Lipinski definition) is 0. The molecule has 1 nitrogen and oxygen atoms in total. The molecule has 2 aliphatic heterocycles. The Hall–Kier alpha value is -0.210. The summed E-state index contributed by atoms with van der Waals surface area (Å²) in [5.74, 6) is 0. The molecule has 0 aromatic rings. The van der Waals surface area contributed by atoms with E-state index in [1.807, 2.05) is 0 Å². The maximum atomic E-state index is 2.57. The van der Waals surface area contributed by atoms with Crippen molar-refractivity contribution in [2.45, 2.75) is 43.0 Å². The van der Waals surface area contributed by atoms with E-state index in [1.54, 1.807) is 0 Å². The maximum Gasteiger partial charge on any atom is 0.0124 e. The van der Waals surface area contributed by atoms with Gasteiger partial charge in [0.05, 0.1) is 0 Å². The summed E-state index contributed by atoms with van der Waals surface area (Å²) in [7, 11) is 2.29. The Labute approximate surface area is 90.2 Å². The average molecular weight is 207 g/mol. The number of allylic oxidation sites excluding steroid dienone is 3. The highest BCUT2D eigenvalue weighted by Gasteiger charge is 2.43. The van der Waals surface area contributed by atoms with Gasteiger partial charge in [0.25, 0.3) is 0 Å². The minimum atomic E-state index is 0.893. The Balaban J connectivity index is 1.58. The first-order chi connectivity index (χ1) is 6.83. The molecule has 2 heterocycles. The van der Waals surface area contributed by atoms with Crippen LogP contribution in [0.5, 0.6) is 0 Å². The normalized spacial score (nSPS) is 40.9. The van der Waals surface area contributed by atoms with E-state index in [9.17, 15) is 0 Å². The third-order valence-corrected chi connectivity index (χ3v) is 5.10. The SMILES string of the molecule is CN1C2CC(SC3=CCC=C3)CC1C2. The fraction of sp³-hybridized carbons (Fsp3) is 0.667. The van der Waals surface area contributed by atoms with E-state index in [2.05, 4.69) is 41.9 Å². The van der Waals surface area contributed by atoms with Gasteiger partial charge in [0.2, 0.25) is 0 Å². The molecule has 0 spiro atoms. The van der Waals surface area contributed by atoms with E-state index in [-0.39, 0.29) is 0 Å². The van der Waals surface area contributed by atoms with Gasteiger partial charge in [-0.15, -0.1) is 11.8 Å². The van der Waals surface area contributed by atoms with Crippen molar-refractivity contribution in [1.82, 2.24) is 4.90 Å². The number of hydrogen-bond acceptors (Lipinski definition) is 2. The van der Waals surface area contributed by atoms with E-state index in [1.165, 1.54) is 24.2 Å². The van der Waals surface area contributed by atoms with Crippen LogP contribution in [0.2, 0.25) is 0 Å². The predicted molar refractivity (Wildman–Crippen MR) is 62.4 cm³/mol. The molecule has 0 aromatic heterocycles. The predicted octanol–water partition coefficient (Wildman–Crippen LogP) is 2.80. The maximum absolute atomic E-state index is 2.57. The third kappa shape index (κ3) is 1.45. The highest BCUT2D eigenvalue weighted by Crippen LogP contribution is 2.43. The Kier molecular flexibility index (Phi) is 2.21. The average Bonchev–Trinajstić information content (AvgIpc) is 2.70. The van der Waals surface area contributed by atoms with E-state index < -0.39 is 0 Å². The van der Waals surface area contributed by atoms with Crippen LogP contribution in [0.4, 0.5) is 0 Å². The Morgan fingerprint density at radius 3 is 2.64 bits per heavy atom. The molecule has 1 saturated carbocycles. The van der Waals surface area contributed by atoms with Gasteiger partial charge in [0, 0.05) is 22.2 Å². The molecule has 0 amide bonds. The smallest absolute Gasteiger partial charge is 0.0124 e. The van der Waals surface area contributed by atoms with Crippen LogP contribution in [0, 0.1) is 0 Å². The minimum Gasteiger partial charge on any atom is -0.300 e. The van der Waals surface area contributed by atoms with Crippen LogP contribution < -0.4 is 0 Å². The molecule has 2 bridgehead atoms. The second-order valence-corrected chi connectivity index (χ2v) is 6.04. The lowest BCUT2D eigenvalue weighted by atomic mass is 9.80. The first-order valence-electron chi connectivity index (χ1n) is 5.58. The zero-order valence-electron chi connectivity index (χ0n) is 8.65. The van der Waals surface area contributed by atoms with Gasteiger partial charge in [-0.1, -0.05) is 18.2 Å².